The maximum absolute atomic E-state index is 13.5. The molecule has 0 bridgehead atoms. The van der Waals surface area contributed by atoms with Crippen molar-refractivity contribution in [2.24, 2.45) is 5.92 Å². The first-order chi connectivity index (χ1) is 9.18. The molecule has 1 aromatic rings. The number of rotatable bonds is 6. The topological polar surface area (TPSA) is 89.3 Å². The Morgan fingerprint density at radius 2 is 2.05 bits per heavy atom. The van der Waals surface area contributed by atoms with E-state index in [0.29, 0.717) is 12.1 Å². The van der Waals surface area contributed by atoms with Gasteiger partial charge in [0.25, 0.3) is 5.69 Å². The van der Waals surface area contributed by atoms with E-state index in [9.17, 15) is 27.3 Å². The normalized spacial score (nSPS) is 13.0. The zero-order valence-corrected chi connectivity index (χ0v) is 11.8. The molecule has 0 aliphatic carbocycles. The van der Waals surface area contributed by atoms with Crippen LogP contribution < -0.4 is 4.72 Å². The highest BCUT2D eigenvalue weighted by molar-refractivity contribution is 7.92. The number of nitro groups is 1. The third-order valence-electron chi connectivity index (χ3n) is 2.29. The average molecular weight is 329 g/mol. The number of benzene rings is 1. The van der Waals surface area contributed by atoms with Crippen molar-refractivity contribution in [3.63, 3.8) is 0 Å². The highest BCUT2D eigenvalue weighted by atomic mass is 35.5. The van der Waals surface area contributed by atoms with Gasteiger partial charge >= 0.3 is 0 Å². The van der Waals surface area contributed by atoms with Gasteiger partial charge < -0.3 is 0 Å². The van der Waals surface area contributed by atoms with E-state index in [-0.39, 0.29) is 5.88 Å². The monoisotopic (exact) mass is 328 g/mol. The SMILES string of the molecule is CC(CCl)CS(=O)(=O)Nc1c([N+](=O)[O-])ccc(F)c1F. The van der Waals surface area contributed by atoms with Crippen LogP contribution in [0.15, 0.2) is 12.1 Å². The highest BCUT2D eigenvalue weighted by Gasteiger charge is 2.26. The molecular formula is C10H11ClF2N2O4S. The standard InChI is InChI=1S/C10H11ClF2N2O4S/c1-6(4-11)5-20(18,19)14-10-8(15(16)17)3-2-7(12)9(10)13/h2-3,6,14H,4-5H2,1H3. The van der Waals surface area contributed by atoms with Crippen LogP contribution in [0.2, 0.25) is 0 Å². The summed E-state index contributed by atoms with van der Waals surface area (Å²) in [5.41, 5.74) is -1.89. The number of nitrogens with one attached hydrogen (secondary N) is 1. The van der Waals surface area contributed by atoms with Gasteiger partial charge in [-0.1, -0.05) is 6.92 Å². The van der Waals surface area contributed by atoms with E-state index >= 15 is 0 Å². The number of halogens is 3. The molecule has 6 nitrogen and oxygen atoms in total. The zero-order valence-electron chi connectivity index (χ0n) is 10.3. The molecule has 1 N–H and O–H groups in total. The summed E-state index contributed by atoms with van der Waals surface area (Å²) in [6.45, 7) is 1.53. The van der Waals surface area contributed by atoms with Gasteiger partial charge in [0.05, 0.1) is 10.7 Å². The van der Waals surface area contributed by atoms with Gasteiger partial charge in [0.2, 0.25) is 10.0 Å². The fourth-order valence-electron chi connectivity index (χ4n) is 1.41. The molecule has 0 fully saturated rings. The summed E-state index contributed by atoms with van der Waals surface area (Å²) in [6.07, 6.45) is 0. The molecule has 0 aliphatic heterocycles. The number of alkyl halides is 1. The van der Waals surface area contributed by atoms with E-state index in [0.717, 1.165) is 0 Å². The fourth-order valence-corrected chi connectivity index (χ4v) is 3.10. The second kappa shape index (κ2) is 6.31. The second-order valence-corrected chi connectivity index (χ2v) is 6.23. The Morgan fingerprint density at radius 3 is 2.55 bits per heavy atom. The van der Waals surface area contributed by atoms with Crippen LogP contribution >= 0.6 is 11.6 Å². The van der Waals surface area contributed by atoms with Crippen molar-refractivity contribution in [1.29, 1.82) is 0 Å². The number of sulfonamides is 1. The highest BCUT2D eigenvalue weighted by Crippen LogP contribution is 2.30. The Hall–Kier alpha value is -1.48. The molecular weight excluding hydrogens is 318 g/mol. The summed E-state index contributed by atoms with van der Waals surface area (Å²) in [5, 5.41) is 10.7. The Balaban J connectivity index is 3.20. The van der Waals surface area contributed by atoms with E-state index in [1.807, 2.05) is 0 Å². The molecule has 1 aromatic carbocycles. The van der Waals surface area contributed by atoms with E-state index in [4.69, 9.17) is 11.6 Å². The van der Waals surface area contributed by atoms with Gasteiger partial charge in [-0.2, -0.15) is 0 Å². The molecule has 0 aliphatic rings. The summed E-state index contributed by atoms with van der Waals surface area (Å²) in [5.74, 6) is -3.90. The van der Waals surface area contributed by atoms with Crippen molar-refractivity contribution in [2.75, 3.05) is 16.4 Å². The van der Waals surface area contributed by atoms with Gasteiger partial charge in [0.15, 0.2) is 17.3 Å². The van der Waals surface area contributed by atoms with Crippen molar-refractivity contribution in [1.82, 2.24) is 0 Å². The van der Waals surface area contributed by atoms with Gasteiger partial charge in [0.1, 0.15) is 0 Å². The van der Waals surface area contributed by atoms with Crippen molar-refractivity contribution in [3.05, 3.63) is 33.9 Å². The van der Waals surface area contributed by atoms with Gasteiger partial charge in [-0.25, -0.2) is 17.2 Å². The van der Waals surface area contributed by atoms with E-state index < -0.39 is 49.6 Å². The summed E-state index contributed by atoms with van der Waals surface area (Å²) >= 11 is 5.46. The average Bonchev–Trinajstić information content (AvgIpc) is 2.33. The van der Waals surface area contributed by atoms with Crippen LogP contribution in [0.5, 0.6) is 0 Å². The summed E-state index contributed by atoms with van der Waals surface area (Å²) in [4.78, 5) is 9.70. The Labute approximate surface area is 118 Å². The van der Waals surface area contributed by atoms with E-state index in [2.05, 4.69) is 0 Å². The van der Waals surface area contributed by atoms with Crippen molar-refractivity contribution in [2.45, 2.75) is 6.92 Å². The predicted octanol–water partition coefficient (Wildman–Crippen LogP) is 2.49. The molecule has 0 spiro atoms. The third-order valence-corrected chi connectivity index (χ3v) is 4.34. The van der Waals surface area contributed by atoms with E-state index in [1.54, 1.807) is 4.72 Å². The van der Waals surface area contributed by atoms with Gasteiger partial charge in [-0.3, -0.25) is 14.8 Å². The number of hydrogen-bond donors (Lipinski definition) is 1. The van der Waals surface area contributed by atoms with Crippen molar-refractivity contribution >= 4 is 33.0 Å². The quantitative estimate of drug-likeness (QED) is 0.493. The smallest absolute Gasteiger partial charge is 0.274 e. The minimum absolute atomic E-state index is 0.0363. The van der Waals surface area contributed by atoms with Crippen molar-refractivity contribution in [3.8, 4) is 0 Å². The molecule has 20 heavy (non-hydrogen) atoms. The van der Waals surface area contributed by atoms with E-state index in [1.165, 1.54) is 6.92 Å². The lowest BCUT2D eigenvalue weighted by Gasteiger charge is -2.12. The van der Waals surface area contributed by atoms with Crippen LogP contribution in [0.25, 0.3) is 0 Å². The van der Waals surface area contributed by atoms with Crippen LogP contribution in [-0.2, 0) is 10.0 Å². The zero-order chi connectivity index (χ0) is 15.5. The second-order valence-electron chi connectivity index (χ2n) is 4.16. The molecule has 112 valence electrons. The molecule has 1 atom stereocenters. The van der Waals surface area contributed by atoms with Gasteiger partial charge in [-0.15, -0.1) is 11.6 Å². The Bertz CT molecular complexity index is 624. The van der Waals surface area contributed by atoms with Crippen LogP contribution in [0.1, 0.15) is 6.92 Å². The van der Waals surface area contributed by atoms with Gasteiger partial charge in [-0.05, 0) is 12.0 Å². The minimum atomic E-state index is -4.09. The number of nitro benzene ring substituents is 1. The Kier molecular flexibility index (Phi) is 5.23. The van der Waals surface area contributed by atoms with Crippen LogP contribution in [0.4, 0.5) is 20.2 Å². The fraction of sp³-hybridized carbons (Fsp3) is 0.400. The lowest BCUT2D eigenvalue weighted by molar-refractivity contribution is -0.384. The lowest BCUT2D eigenvalue weighted by Crippen LogP contribution is -2.23. The first kappa shape index (κ1) is 16.6. The number of nitrogens with zero attached hydrogens (tertiary/aromatic N) is 1. The van der Waals surface area contributed by atoms with Crippen LogP contribution in [0.3, 0.4) is 0 Å². The molecule has 0 aromatic heterocycles. The lowest BCUT2D eigenvalue weighted by atomic mass is 10.2. The maximum Gasteiger partial charge on any atom is 0.296 e. The number of hydrogen-bond acceptors (Lipinski definition) is 4. The first-order valence-electron chi connectivity index (χ1n) is 5.36. The van der Waals surface area contributed by atoms with Crippen LogP contribution in [0, 0.1) is 27.7 Å². The molecule has 1 unspecified atom stereocenters. The first-order valence-corrected chi connectivity index (χ1v) is 7.55. The van der Waals surface area contributed by atoms with Crippen LogP contribution in [-0.4, -0.2) is 25.0 Å². The molecule has 0 saturated heterocycles. The molecule has 0 heterocycles. The number of anilines is 1. The Morgan fingerprint density at radius 1 is 1.45 bits per heavy atom. The third kappa shape index (κ3) is 4.01. The summed E-state index contributed by atoms with van der Waals surface area (Å²) in [6, 6.07) is 1.23. The predicted molar refractivity (Wildman–Crippen MR) is 70.3 cm³/mol. The molecule has 1 rings (SSSR count). The summed E-state index contributed by atoms with van der Waals surface area (Å²) < 4.78 is 51.8. The minimum Gasteiger partial charge on any atom is -0.274 e. The molecule has 0 radical (unpaired) electrons. The molecule has 0 saturated carbocycles. The summed E-state index contributed by atoms with van der Waals surface area (Å²) in [7, 11) is -4.09. The maximum atomic E-state index is 13.5. The van der Waals surface area contributed by atoms with Gasteiger partial charge in [0, 0.05) is 11.9 Å². The molecule has 0 amide bonds. The largest absolute Gasteiger partial charge is 0.296 e. The molecule has 10 heteroatoms. The van der Waals surface area contributed by atoms with Crippen molar-refractivity contribution < 1.29 is 22.1 Å².